The zero-order chi connectivity index (χ0) is 16.3. The van der Waals surface area contributed by atoms with Gasteiger partial charge in [0.25, 0.3) is 5.97 Å². The molecule has 0 fully saturated rings. The Balaban J connectivity index is 4.43. The minimum atomic E-state index is -0.929. The quantitative estimate of drug-likeness (QED) is 0.468. The van der Waals surface area contributed by atoms with Crippen molar-refractivity contribution in [3.05, 3.63) is 0 Å². The molecule has 0 aromatic heterocycles. The second-order valence-corrected chi connectivity index (χ2v) is 5.99. The Hall–Kier alpha value is -0.240. The molecule has 0 saturated carbocycles. The summed E-state index contributed by atoms with van der Waals surface area (Å²) in [5, 5.41) is 0. The third-order valence-electron chi connectivity index (χ3n) is 3.01. The van der Waals surface area contributed by atoms with Gasteiger partial charge in [-0.3, -0.25) is 0 Å². The van der Waals surface area contributed by atoms with Crippen molar-refractivity contribution >= 4 is 0 Å². The van der Waals surface area contributed by atoms with Crippen molar-refractivity contribution in [2.75, 3.05) is 81.7 Å². The molecule has 0 spiro atoms. The summed E-state index contributed by atoms with van der Waals surface area (Å²) in [6, 6.07) is 0. The van der Waals surface area contributed by atoms with Gasteiger partial charge in [-0.2, -0.15) is 0 Å². The lowest BCUT2D eigenvalue weighted by Gasteiger charge is -2.33. The summed E-state index contributed by atoms with van der Waals surface area (Å²) >= 11 is 0. The Kier molecular flexibility index (Phi) is 11.2. The lowest BCUT2D eigenvalue weighted by Crippen LogP contribution is -2.43. The van der Waals surface area contributed by atoms with Gasteiger partial charge >= 0.3 is 0 Å². The summed E-state index contributed by atoms with van der Waals surface area (Å²) in [5.74, 6) is -0.929. The lowest BCUT2D eigenvalue weighted by atomic mass is 10.4. The third kappa shape index (κ3) is 11.0. The smallest absolute Gasteiger partial charge is 0.282 e. The van der Waals surface area contributed by atoms with Crippen LogP contribution >= 0.6 is 0 Å². The van der Waals surface area contributed by atoms with Crippen LogP contribution in [-0.4, -0.2) is 102 Å². The predicted molar refractivity (Wildman–Crippen MR) is 86.5 cm³/mol. The van der Waals surface area contributed by atoms with E-state index in [9.17, 15) is 0 Å². The molecule has 0 atom stereocenters. The van der Waals surface area contributed by atoms with Crippen molar-refractivity contribution in [3.8, 4) is 0 Å². The van der Waals surface area contributed by atoms with Crippen LogP contribution < -0.4 is 0 Å². The van der Waals surface area contributed by atoms with Gasteiger partial charge in [-0.15, -0.1) is 0 Å². The average molecular weight is 305 g/mol. The molecular formula is C15H35N3O3. The summed E-state index contributed by atoms with van der Waals surface area (Å²) < 4.78 is 17.8. The van der Waals surface area contributed by atoms with E-state index in [4.69, 9.17) is 14.2 Å². The zero-order valence-corrected chi connectivity index (χ0v) is 15.0. The number of ether oxygens (including phenoxy) is 3. The van der Waals surface area contributed by atoms with Crippen LogP contribution in [0.15, 0.2) is 0 Å². The van der Waals surface area contributed by atoms with Crippen molar-refractivity contribution in [3.63, 3.8) is 0 Å². The van der Waals surface area contributed by atoms with Crippen LogP contribution in [0.1, 0.15) is 13.3 Å². The first-order chi connectivity index (χ1) is 9.81. The minimum absolute atomic E-state index is 0.588. The van der Waals surface area contributed by atoms with Crippen LogP contribution in [-0.2, 0) is 14.2 Å². The topological polar surface area (TPSA) is 37.4 Å². The lowest BCUT2D eigenvalue weighted by molar-refractivity contribution is -0.382. The summed E-state index contributed by atoms with van der Waals surface area (Å²) in [5.41, 5.74) is 0. The highest BCUT2D eigenvalue weighted by molar-refractivity contribution is 4.58. The first-order valence-electron chi connectivity index (χ1n) is 7.67. The Bertz CT molecular complexity index is 212. The van der Waals surface area contributed by atoms with Crippen molar-refractivity contribution in [2.45, 2.75) is 19.3 Å². The zero-order valence-electron chi connectivity index (χ0n) is 15.0. The summed E-state index contributed by atoms with van der Waals surface area (Å²) in [7, 11) is 12.1. The van der Waals surface area contributed by atoms with E-state index in [1.54, 1.807) is 0 Å². The fourth-order valence-corrected chi connectivity index (χ4v) is 1.58. The van der Waals surface area contributed by atoms with Gasteiger partial charge in [0.15, 0.2) is 0 Å². The molecule has 0 bridgehead atoms. The third-order valence-corrected chi connectivity index (χ3v) is 3.01. The van der Waals surface area contributed by atoms with Crippen molar-refractivity contribution < 1.29 is 14.2 Å². The maximum absolute atomic E-state index is 5.93. The number of nitrogens with zero attached hydrogens (tertiary/aromatic N) is 3. The summed E-state index contributed by atoms with van der Waals surface area (Å²) in [6.07, 6.45) is 0.668. The van der Waals surface area contributed by atoms with Gasteiger partial charge in [0, 0.05) is 26.1 Å². The number of hydrogen-bond donors (Lipinski definition) is 0. The maximum Gasteiger partial charge on any atom is 0.282 e. The van der Waals surface area contributed by atoms with E-state index < -0.39 is 5.97 Å². The highest BCUT2D eigenvalue weighted by atomic mass is 16.9. The molecule has 0 aliphatic heterocycles. The largest absolute Gasteiger partial charge is 0.326 e. The summed E-state index contributed by atoms with van der Waals surface area (Å²) in [4.78, 5) is 6.25. The van der Waals surface area contributed by atoms with E-state index >= 15 is 0 Å². The Morgan fingerprint density at radius 2 is 0.905 bits per heavy atom. The fourth-order valence-electron chi connectivity index (χ4n) is 1.58. The molecule has 6 heteroatoms. The van der Waals surface area contributed by atoms with Gasteiger partial charge in [0.2, 0.25) is 0 Å². The molecule has 128 valence electrons. The van der Waals surface area contributed by atoms with E-state index in [-0.39, 0.29) is 0 Å². The molecule has 0 unspecified atom stereocenters. The second kappa shape index (κ2) is 11.3. The van der Waals surface area contributed by atoms with Crippen LogP contribution in [0.25, 0.3) is 0 Å². The SMILES string of the molecule is CCC(OCCN(C)C)(OCCN(C)C)OCCN(C)C. The Morgan fingerprint density at radius 1 is 0.619 bits per heavy atom. The highest BCUT2D eigenvalue weighted by Gasteiger charge is 2.31. The fraction of sp³-hybridized carbons (Fsp3) is 1.00. The van der Waals surface area contributed by atoms with Gasteiger partial charge in [-0.25, -0.2) is 0 Å². The van der Waals surface area contributed by atoms with Crippen molar-refractivity contribution in [1.82, 2.24) is 14.7 Å². The monoisotopic (exact) mass is 305 g/mol. The number of hydrogen-bond acceptors (Lipinski definition) is 6. The van der Waals surface area contributed by atoms with Gasteiger partial charge in [0.1, 0.15) is 0 Å². The van der Waals surface area contributed by atoms with E-state index in [0.717, 1.165) is 19.6 Å². The van der Waals surface area contributed by atoms with E-state index in [2.05, 4.69) is 14.7 Å². The maximum atomic E-state index is 5.93. The normalized spacial score (nSPS) is 12.9. The molecule has 0 heterocycles. The molecule has 6 nitrogen and oxygen atoms in total. The van der Waals surface area contributed by atoms with Crippen LogP contribution in [0, 0.1) is 0 Å². The Labute approximate surface area is 130 Å². The molecular weight excluding hydrogens is 270 g/mol. The average Bonchev–Trinajstić information content (AvgIpc) is 2.36. The molecule has 0 amide bonds. The van der Waals surface area contributed by atoms with Gasteiger partial charge in [-0.05, 0) is 42.3 Å². The molecule has 0 saturated heterocycles. The minimum Gasteiger partial charge on any atom is -0.326 e. The Morgan fingerprint density at radius 3 is 1.10 bits per heavy atom. The van der Waals surface area contributed by atoms with Gasteiger partial charge < -0.3 is 28.9 Å². The van der Waals surface area contributed by atoms with E-state index in [1.807, 2.05) is 49.2 Å². The van der Waals surface area contributed by atoms with Crippen molar-refractivity contribution in [1.29, 1.82) is 0 Å². The number of likely N-dealkylation sites (N-methyl/N-ethyl adjacent to an activating group) is 3. The molecule has 0 N–H and O–H groups in total. The molecule has 21 heavy (non-hydrogen) atoms. The standard InChI is InChI=1S/C15H35N3O3/c1-8-15(19-12-9-16(2)3,20-13-10-17(4)5)21-14-11-18(6)7/h8-14H2,1-7H3. The molecule has 0 aromatic carbocycles. The first-order valence-corrected chi connectivity index (χ1v) is 7.67. The van der Waals surface area contributed by atoms with Crippen LogP contribution in [0.4, 0.5) is 0 Å². The van der Waals surface area contributed by atoms with Crippen molar-refractivity contribution in [2.24, 2.45) is 0 Å². The van der Waals surface area contributed by atoms with Crippen LogP contribution in [0.5, 0.6) is 0 Å². The molecule has 0 rings (SSSR count). The van der Waals surface area contributed by atoms with Gasteiger partial charge in [0.05, 0.1) is 19.8 Å². The molecule has 0 aliphatic rings. The van der Waals surface area contributed by atoms with Crippen LogP contribution in [0.2, 0.25) is 0 Å². The predicted octanol–water partition coefficient (Wildman–Crippen LogP) is 0.785. The molecule has 0 radical (unpaired) electrons. The molecule has 0 aromatic rings. The van der Waals surface area contributed by atoms with Crippen LogP contribution in [0.3, 0.4) is 0 Å². The van der Waals surface area contributed by atoms with E-state index in [1.165, 1.54) is 0 Å². The van der Waals surface area contributed by atoms with E-state index in [0.29, 0.717) is 26.2 Å². The number of rotatable bonds is 13. The first kappa shape index (κ1) is 20.8. The molecule has 0 aliphatic carbocycles. The second-order valence-electron chi connectivity index (χ2n) is 5.99. The highest BCUT2D eigenvalue weighted by Crippen LogP contribution is 2.20. The van der Waals surface area contributed by atoms with Gasteiger partial charge in [-0.1, -0.05) is 6.92 Å². The summed E-state index contributed by atoms with van der Waals surface area (Å²) in [6.45, 7) is 6.32.